The van der Waals surface area contributed by atoms with Crippen molar-refractivity contribution in [1.82, 2.24) is 0 Å². The molecule has 1 saturated carbocycles. The SMILES string of the molecule is CCCCC(CC)CC12C=CC(CC1)C2. The Kier molecular flexibility index (Phi) is 3.53. The Morgan fingerprint density at radius 2 is 2.27 bits per heavy atom. The second-order valence-electron chi connectivity index (χ2n) is 5.84. The molecule has 15 heavy (non-hydrogen) atoms. The van der Waals surface area contributed by atoms with Crippen LogP contribution in [-0.2, 0) is 0 Å². The maximum Gasteiger partial charge on any atom is -0.0110 e. The van der Waals surface area contributed by atoms with Crippen LogP contribution in [0.15, 0.2) is 12.2 Å². The molecule has 0 heterocycles. The van der Waals surface area contributed by atoms with Gasteiger partial charge in [0.15, 0.2) is 0 Å². The van der Waals surface area contributed by atoms with Gasteiger partial charge >= 0.3 is 0 Å². The maximum absolute atomic E-state index is 2.57. The van der Waals surface area contributed by atoms with E-state index in [0.717, 1.165) is 11.8 Å². The molecule has 0 N–H and O–H groups in total. The van der Waals surface area contributed by atoms with Crippen molar-refractivity contribution in [3.8, 4) is 0 Å². The summed E-state index contributed by atoms with van der Waals surface area (Å²) in [4.78, 5) is 0. The molecule has 86 valence electrons. The average molecular weight is 206 g/mol. The molecule has 2 bridgehead atoms. The summed E-state index contributed by atoms with van der Waals surface area (Å²) in [6, 6.07) is 0. The topological polar surface area (TPSA) is 0 Å². The molecule has 0 aromatic carbocycles. The number of fused-ring (bicyclic) bond motifs is 2. The average Bonchev–Trinajstić information content (AvgIpc) is 2.84. The van der Waals surface area contributed by atoms with Gasteiger partial charge in [0.2, 0.25) is 0 Å². The van der Waals surface area contributed by atoms with Gasteiger partial charge in [-0.3, -0.25) is 0 Å². The van der Waals surface area contributed by atoms with Gasteiger partial charge in [0.25, 0.3) is 0 Å². The number of allylic oxidation sites excluding steroid dienone is 2. The van der Waals surface area contributed by atoms with Gasteiger partial charge in [-0.15, -0.1) is 0 Å². The molecule has 3 unspecified atom stereocenters. The van der Waals surface area contributed by atoms with Gasteiger partial charge in [-0.2, -0.15) is 0 Å². The van der Waals surface area contributed by atoms with Gasteiger partial charge < -0.3 is 0 Å². The molecule has 1 fully saturated rings. The van der Waals surface area contributed by atoms with Crippen molar-refractivity contribution in [3.63, 3.8) is 0 Å². The summed E-state index contributed by atoms with van der Waals surface area (Å²) < 4.78 is 0. The molecule has 0 nitrogen and oxygen atoms in total. The predicted octanol–water partition coefficient (Wildman–Crippen LogP) is 4.95. The lowest BCUT2D eigenvalue weighted by atomic mass is 9.76. The van der Waals surface area contributed by atoms with Crippen molar-refractivity contribution in [2.45, 2.75) is 65.2 Å². The third-order valence-corrected chi connectivity index (χ3v) is 4.64. The van der Waals surface area contributed by atoms with E-state index in [1.54, 1.807) is 0 Å². The molecule has 0 heteroatoms. The third-order valence-electron chi connectivity index (χ3n) is 4.64. The highest BCUT2D eigenvalue weighted by molar-refractivity contribution is 5.15. The molecule has 3 atom stereocenters. The minimum atomic E-state index is 0.652. The Morgan fingerprint density at radius 1 is 1.40 bits per heavy atom. The fourth-order valence-electron chi connectivity index (χ4n) is 3.63. The highest BCUT2D eigenvalue weighted by Crippen LogP contribution is 2.53. The van der Waals surface area contributed by atoms with E-state index in [9.17, 15) is 0 Å². The van der Waals surface area contributed by atoms with Crippen LogP contribution in [0.2, 0.25) is 0 Å². The number of rotatable bonds is 6. The second kappa shape index (κ2) is 4.72. The Balaban J connectivity index is 1.86. The second-order valence-corrected chi connectivity index (χ2v) is 5.84. The molecule has 0 spiro atoms. The summed E-state index contributed by atoms with van der Waals surface area (Å²) >= 11 is 0. The molecule has 0 aromatic heterocycles. The lowest BCUT2D eigenvalue weighted by Gasteiger charge is -2.28. The van der Waals surface area contributed by atoms with E-state index in [1.807, 2.05) is 0 Å². The fourth-order valence-corrected chi connectivity index (χ4v) is 3.63. The van der Waals surface area contributed by atoms with Crippen molar-refractivity contribution in [2.75, 3.05) is 0 Å². The molecular formula is C15H26. The number of hydrogen-bond acceptors (Lipinski definition) is 0. The monoisotopic (exact) mass is 206 g/mol. The first-order valence-electron chi connectivity index (χ1n) is 6.97. The molecule has 0 aromatic rings. The maximum atomic E-state index is 2.57. The van der Waals surface area contributed by atoms with Crippen molar-refractivity contribution < 1.29 is 0 Å². The summed E-state index contributed by atoms with van der Waals surface area (Å²) in [5.41, 5.74) is 0.652. The van der Waals surface area contributed by atoms with E-state index < -0.39 is 0 Å². The Bertz CT molecular complexity index is 228. The molecular weight excluding hydrogens is 180 g/mol. The van der Waals surface area contributed by atoms with Crippen LogP contribution in [0.3, 0.4) is 0 Å². The van der Waals surface area contributed by atoms with Crippen LogP contribution in [0.25, 0.3) is 0 Å². The van der Waals surface area contributed by atoms with Crippen molar-refractivity contribution in [3.05, 3.63) is 12.2 Å². The lowest BCUT2D eigenvalue weighted by Crippen LogP contribution is -2.17. The van der Waals surface area contributed by atoms with E-state index in [0.29, 0.717) is 5.41 Å². The Labute approximate surface area is 95.1 Å². The molecule has 2 rings (SSSR count). The van der Waals surface area contributed by atoms with Gasteiger partial charge in [0.1, 0.15) is 0 Å². The summed E-state index contributed by atoms with van der Waals surface area (Å²) in [5.74, 6) is 1.94. The first-order chi connectivity index (χ1) is 7.28. The van der Waals surface area contributed by atoms with E-state index in [4.69, 9.17) is 0 Å². The fraction of sp³-hybridized carbons (Fsp3) is 0.867. The predicted molar refractivity (Wildman–Crippen MR) is 66.8 cm³/mol. The van der Waals surface area contributed by atoms with Crippen LogP contribution in [0.4, 0.5) is 0 Å². The van der Waals surface area contributed by atoms with Crippen LogP contribution in [0.1, 0.15) is 65.2 Å². The number of unbranched alkanes of at least 4 members (excludes halogenated alkanes) is 1. The smallest absolute Gasteiger partial charge is 0.0110 e. The van der Waals surface area contributed by atoms with Gasteiger partial charge in [-0.05, 0) is 42.9 Å². The first-order valence-corrected chi connectivity index (χ1v) is 6.97. The van der Waals surface area contributed by atoms with Crippen LogP contribution < -0.4 is 0 Å². The van der Waals surface area contributed by atoms with Crippen LogP contribution in [0, 0.1) is 17.3 Å². The zero-order chi connectivity index (χ0) is 10.7. The van der Waals surface area contributed by atoms with Crippen LogP contribution in [0.5, 0.6) is 0 Å². The van der Waals surface area contributed by atoms with Crippen molar-refractivity contribution in [2.24, 2.45) is 17.3 Å². The summed E-state index contributed by atoms with van der Waals surface area (Å²) in [5, 5.41) is 0. The highest BCUT2D eigenvalue weighted by Gasteiger charge is 2.41. The van der Waals surface area contributed by atoms with E-state index in [-0.39, 0.29) is 0 Å². The molecule has 0 radical (unpaired) electrons. The molecule has 0 aliphatic heterocycles. The van der Waals surface area contributed by atoms with Gasteiger partial charge in [-0.25, -0.2) is 0 Å². The quantitative estimate of drug-likeness (QED) is 0.539. The van der Waals surface area contributed by atoms with Crippen molar-refractivity contribution >= 4 is 0 Å². The van der Waals surface area contributed by atoms with Gasteiger partial charge in [0, 0.05) is 0 Å². The highest BCUT2D eigenvalue weighted by atomic mass is 14.5. The summed E-state index contributed by atoms with van der Waals surface area (Å²) in [7, 11) is 0. The van der Waals surface area contributed by atoms with E-state index in [1.165, 1.54) is 51.4 Å². The third kappa shape index (κ3) is 2.46. The van der Waals surface area contributed by atoms with Gasteiger partial charge in [-0.1, -0.05) is 51.7 Å². The molecule has 2 aliphatic rings. The van der Waals surface area contributed by atoms with E-state index in [2.05, 4.69) is 26.0 Å². The number of hydrogen-bond donors (Lipinski definition) is 0. The summed E-state index contributed by atoms with van der Waals surface area (Å²) in [6.07, 6.45) is 16.6. The first kappa shape index (κ1) is 11.2. The standard InChI is InChI=1S/C15H26/c1-3-5-6-13(4-2)11-15-9-7-14(12-15)8-10-15/h7,9,13-14H,3-6,8,10-12H2,1-2H3. The normalized spacial score (nSPS) is 34.9. The Morgan fingerprint density at radius 3 is 2.73 bits per heavy atom. The lowest BCUT2D eigenvalue weighted by molar-refractivity contribution is 0.270. The van der Waals surface area contributed by atoms with E-state index >= 15 is 0 Å². The summed E-state index contributed by atoms with van der Waals surface area (Å²) in [6.45, 7) is 4.69. The van der Waals surface area contributed by atoms with Crippen molar-refractivity contribution in [1.29, 1.82) is 0 Å². The zero-order valence-electron chi connectivity index (χ0n) is 10.5. The zero-order valence-corrected chi connectivity index (χ0v) is 10.5. The Hall–Kier alpha value is -0.260. The van der Waals surface area contributed by atoms with Gasteiger partial charge in [0.05, 0.1) is 0 Å². The molecule has 2 aliphatic carbocycles. The van der Waals surface area contributed by atoms with Crippen LogP contribution in [-0.4, -0.2) is 0 Å². The molecule has 0 amide bonds. The van der Waals surface area contributed by atoms with Crippen LogP contribution >= 0.6 is 0 Å². The minimum absolute atomic E-state index is 0.652. The minimum Gasteiger partial charge on any atom is -0.0848 e. The molecule has 0 saturated heterocycles. The largest absolute Gasteiger partial charge is 0.0848 e.